The summed E-state index contributed by atoms with van der Waals surface area (Å²) in [6.07, 6.45) is 1.18. The highest BCUT2D eigenvalue weighted by Crippen LogP contribution is 2.22. The largest absolute Gasteiger partial charge is 0.481 e. The summed E-state index contributed by atoms with van der Waals surface area (Å²) in [4.78, 5) is 22.9. The van der Waals surface area contributed by atoms with E-state index < -0.39 is 11.4 Å². The van der Waals surface area contributed by atoms with Gasteiger partial charge in [0.15, 0.2) is 0 Å². The van der Waals surface area contributed by atoms with Crippen molar-refractivity contribution in [2.45, 2.75) is 33.6 Å². The molecule has 5 heteroatoms. The van der Waals surface area contributed by atoms with Crippen molar-refractivity contribution in [1.82, 2.24) is 5.32 Å². The lowest BCUT2D eigenvalue weighted by Crippen LogP contribution is -2.40. The second-order valence-corrected chi connectivity index (χ2v) is 5.68. The molecule has 0 aromatic heterocycles. The highest BCUT2D eigenvalue weighted by Gasteiger charge is 2.30. The van der Waals surface area contributed by atoms with E-state index >= 15 is 0 Å². The van der Waals surface area contributed by atoms with Crippen LogP contribution < -0.4 is 5.32 Å². The van der Waals surface area contributed by atoms with Gasteiger partial charge in [0.1, 0.15) is 0 Å². The first-order chi connectivity index (χ1) is 8.34. The summed E-state index contributed by atoms with van der Waals surface area (Å²) in [5.41, 5.74) is -0.797. The van der Waals surface area contributed by atoms with Crippen LogP contribution in [0, 0.1) is 17.3 Å². The van der Waals surface area contributed by atoms with Crippen molar-refractivity contribution in [3.63, 3.8) is 0 Å². The molecule has 1 fully saturated rings. The fourth-order valence-electron chi connectivity index (χ4n) is 2.01. The zero-order chi connectivity index (χ0) is 13.8. The Morgan fingerprint density at radius 1 is 1.44 bits per heavy atom. The van der Waals surface area contributed by atoms with Gasteiger partial charge in [-0.2, -0.15) is 0 Å². The van der Waals surface area contributed by atoms with Crippen LogP contribution in [0.5, 0.6) is 0 Å². The van der Waals surface area contributed by atoms with Gasteiger partial charge in [-0.3, -0.25) is 9.59 Å². The molecule has 1 saturated heterocycles. The smallest absolute Gasteiger partial charge is 0.309 e. The Kier molecular flexibility index (Phi) is 5.14. The Morgan fingerprint density at radius 3 is 2.67 bits per heavy atom. The van der Waals surface area contributed by atoms with E-state index in [1.54, 1.807) is 13.8 Å². The van der Waals surface area contributed by atoms with E-state index in [-0.39, 0.29) is 17.7 Å². The molecule has 2 unspecified atom stereocenters. The highest BCUT2D eigenvalue weighted by atomic mass is 16.5. The zero-order valence-electron chi connectivity index (χ0n) is 11.4. The van der Waals surface area contributed by atoms with Crippen LogP contribution in [-0.4, -0.2) is 36.7 Å². The number of ether oxygens (including phenoxy) is 1. The Balaban J connectivity index is 2.35. The lowest BCUT2D eigenvalue weighted by Gasteiger charge is -2.28. The molecule has 0 saturated carbocycles. The van der Waals surface area contributed by atoms with E-state index in [9.17, 15) is 9.59 Å². The lowest BCUT2D eigenvalue weighted by atomic mass is 9.88. The Bertz CT molecular complexity index is 314. The number of amides is 1. The van der Waals surface area contributed by atoms with Crippen molar-refractivity contribution in [1.29, 1.82) is 0 Å². The number of carboxylic acid groups (broad SMARTS) is 1. The summed E-state index contributed by atoms with van der Waals surface area (Å²) in [5.74, 6) is -0.596. The molecule has 2 N–H and O–H groups in total. The zero-order valence-corrected chi connectivity index (χ0v) is 11.4. The number of carbonyl (C=O) groups is 2. The lowest BCUT2D eigenvalue weighted by molar-refractivity contribution is -0.147. The van der Waals surface area contributed by atoms with Gasteiger partial charge in [-0.05, 0) is 32.6 Å². The molecule has 1 heterocycles. The van der Waals surface area contributed by atoms with Gasteiger partial charge >= 0.3 is 5.97 Å². The van der Waals surface area contributed by atoms with Crippen LogP contribution in [0.1, 0.15) is 33.6 Å². The van der Waals surface area contributed by atoms with Crippen LogP contribution in [0.2, 0.25) is 0 Å². The summed E-state index contributed by atoms with van der Waals surface area (Å²) in [6, 6.07) is 0. The molecule has 18 heavy (non-hydrogen) atoms. The first-order valence-electron chi connectivity index (χ1n) is 6.43. The van der Waals surface area contributed by atoms with Gasteiger partial charge in [0.05, 0.1) is 5.41 Å². The normalized spacial score (nSPS) is 24.6. The molecule has 1 amide bonds. The van der Waals surface area contributed by atoms with Crippen LogP contribution >= 0.6 is 0 Å². The number of hydrogen-bond acceptors (Lipinski definition) is 3. The molecule has 1 aliphatic rings. The highest BCUT2D eigenvalue weighted by molar-refractivity contribution is 5.79. The first-order valence-corrected chi connectivity index (χ1v) is 6.43. The molecule has 0 radical (unpaired) electrons. The van der Waals surface area contributed by atoms with Crippen molar-refractivity contribution in [3.05, 3.63) is 0 Å². The van der Waals surface area contributed by atoms with E-state index in [1.165, 1.54) is 0 Å². The molecule has 5 nitrogen and oxygen atoms in total. The van der Waals surface area contributed by atoms with Crippen LogP contribution in [-0.2, 0) is 14.3 Å². The maximum absolute atomic E-state index is 12.0. The average molecular weight is 257 g/mol. The van der Waals surface area contributed by atoms with E-state index in [0.717, 1.165) is 6.42 Å². The number of carboxylic acids is 1. The van der Waals surface area contributed by atoms with Crippen LogP contribution in [0.3, 0.4) is 0 Å². The van der Waals surface area contributed by atoms with E-state index in [4.69, 9.17) is 9.84 Å². The second-order valence-electron chi connectivity index (χ2n) is 5.68. The standard InChI is InChI=1S/C13H23NO4/c1-9-8-18-7-4-10(9)11(15)14-6-5-13(2,3)12(16)17/h9-10H,4-8H2,1-3H3,(H,14,15)(H,16,17). The summed E-state index contributed by atoms with van der Waals surface area (Å²) >= 11 is 0. The van der Waals surface area contributed by atoms with E-state index in [2.05, 4.69) is 5.32 Å². The monoisotopic (exact) mass is 257 g/mol. The molecule has 0 aromatic rings. The van der Waals surface area contributed by atoms with Crippen molar-refractivity contribution in [2.75, 3.05) is 19.8 Å². The summed E-state index contributed by atoms with van der Waals surface area (Å²) in [5, 5.41) is 11.8. The molecular formula is C13H23NO4. The van der Waals surface area contributed by atoms with Gasteiger partial charge in [0.25, 0.3) is 0 Å². The van der Waals surface area contributed by atoms with Crippen LogP contribution in [0.4, 0.5) is 0 Å². The molecule has 0 aliphatic carbocycles. The van der Waals surface area contributed by atoms with Crippen LogP contribution in [0.25, 0.3) is 0 Å². The quantitative estimate of drug-likeness (QED) is 0.778. The summed E-state index contributed by atoms with van der Waals surface area (Å²) in [7, 11) is 0. The third kappa shape index (κ3) is 3.98. The van der Waals surface area contributed by atoms with Crippen molar-refractivity contribution in [3.8, 4) is 0 Å². The molecule has 2 atom stereocenters. The SMILES string of the molecule is CC1COCCC1C(=O)NCCC(C)(C)C(=O)O. The molecule has 0 aromatic carbocycles. The predicted octanol–water partition coefficient (Wildman–Crippen LogP) is 1.28. The number of rotatable bonds is 5. The van der Waals surface area contributed by atoms with Gasteiger partial charge in [0, 0.05) is 25.7 Å². The third-order valence-corrected chi connectivity index (χ3v) is 3.61. The predicted molar refractivity (Wildman–Crippen MR) is 67.1 cm³/mol. The summed E-state index contributed by atoms with van der Waals surface area (Å²) < 4.78 is 5.29. The van der Waals surface area contributed by atoms with Crippen LogP contribution in [0.15, 0.2) is 0 Å². The molecule has 0 spiro atoms. The molecular weight excluding hydrogens is 234 g/mol. The fraction of sp³-hybridized carbons (Fsp3) is 0.846. The maximum atomic E-state index is 12.0. The number of nitrogens with one attached hydrogen (secondary N) is 1. The topological polar surface area (TPSA) is 75.6 Å². The minimum atomic E-state index is -0.837. The van der Waals surface area contributed by atoms with E-state index in [1.807, 2.05) is 6.92 Å². The minimum Gasteiger partial charge on any atom is -0.481 e. The Hall–Kier alpha value is -1.10. The van der Waals surface area contributed by atoms with Gasteiger partial charge < -0.3 is 15.2 Å². The number of carbonyl (C=O) groups excluding carboxylic acids is 1. The Morgan fingerprint density at radius 2 is 2.11 bits per heavy atom. The Labute approximate surface area is 108 Å². The summed E-state index contributed by atoms with van der Waals surface area (Å²) in [6.45, 7) is 6.99. The van der Waals surface area contributed by atoms with Gasteiger partial charge in [-0.15, -0.1) is 0 Å². The molecule has 1 aliphatic heterocycles. The molecule has 1 rings (SSSR count). The number of hydrogen-bond donors (Lipinski definition) is 2. The van der Waals surface area contributed by atoms with Crippen molar-refractivity contribution >= 4 is 11.9 Å². The second kappa shape index (κ2) is 6.18. The van der Waals surface area contributed by atoms with Gasteiger partial charge in [-0.25, -0.2) is 0 Å². The molecule has 0 bridgehead atoms. The molecule has 104 valence electrons. The minimum absolute atomic E-state index is 0.00769. The first kappa shape index (κ1) is 15.0. The van der Waals surface area contributed by atoms with Crippen molar-refractivity contribution in [2.24, 2.45) is 17.3 Å². The van der Waals surface area contributed by atoms with E-state index in [0.29, 0.717) is 26.2 Å². The number of aliphatic carboxylic acids is 1. The third-order valence-electron chi connectivity index (χ3n) is 3.61. The average Bonchev–Trinajstić information content (AvgIpc) is 2.29. The van der Waals surface area contributed by atoms with Gasteiger partial charge in [0.2, 0.25) is 5.91 Å². The van der Waals surface area contributed by atoms with Crippen molar-refractivity contribution < 1.29 is 19.4 Å². The maximum Gasteiger partial charge on any atom is 0.309 e. The fourth-order valence-corrected chi connectivity index (χ4v) is 2.01. The van der Waals surface area contributed by atoms with Gasteiger partial charge in [-0.1, -0.05) is 6.92 Å².